The van der Waals surface area contributed by atoms with E-state index in [9.17, 15) is 4.79 Å². The number of esters is 1. The molecule has 0 amide bonds. The van der Waals surface area contributed by atoms with Gasteiger partial charge in [0.15, 0.2) is 0 Å². The van der Waals surface area contributed by atoms with Gasteiger partial charge >= 0.3 is 5.97 Å². The van der Waals surface area contributed by atoms with Crippen molar-refractivity contribution >= 4 is 5.97 Å². The van der Waals surface area contributed by atoms with Gasteiger partial charge in [0.2, 0.25) is 0 Å². The summed E-state index contributed by atoms with van der Waals surface area (Å²) in [6.07, 6.45) is 4.89. The van der Waals surface area contributed by atoms with Crippen LogP contribution >= 0.6 is 0 Å². The summed E-state index contributed by atoms with van der Waals surface area (Å²) in [5, 5.41) is 0. The molecule has 0 atom stereocenters. The molecule has 0 aliphatic carbocycles. The molecule has 0 heterocycles. The van der Waals surface area contributed by atoms with Gasteiger partial charge in [-0.05, 0) is 13.8 Å². The Morgan fingerprint density at radius 1 is 1.40 bits per heavy atom. The maximum atomic E-state index is 10.5. The van der Waals surface area contributed by atoms with Crippen LogP contribution in [0.3, 0.4) is 0 Å². The molecule has 0 aromatic heterocycles. The van der Waals surface area contributed by atoms with Gasteiger partial charge in [-0.25, -0.2) is 4.79 Å². The van der Waals surface area contributed by atoms with Crippen LogP contribution in [0.2, 0.25) is 0 Å². The minimum absolute atomic E-state index is 0.322. The van der Waals surface area contributed by atoms with Crippen LogP contribution in [0.25, 0.3) is 0 Å². The molecule has 0 N–H and O–H groups in total. The van der Waals surface area contributed by atoms with E-state index in [0.29, 0.717) is 0 Å². The monoisotopic (exact) mass is 140 g/mol. The van der Waals surface area contributed by atoms with E-state index in [-0.39, 0.29) is 5.97 Å². The normalized spacial score (nSPS) is 9.50. The second-order valence-corrected chi connectivity index (χ2v) is 2.13. The van der Waals surface area contributed by atoms with E-state index >= 15 is 0 Å². The Bertz CT molecular complexity index is 162. The molecule has 0 aliphatic rings. The molecule has 10 heavy (non-hydrogen) atoms. The molecule has 0 aromatic carbocycles. The van der Waals surface area contributed by atoms with Crippen LogP contribution in [0.1, 0.15) is 13.8 Å². The highest BCUT2D eigenvalue weighted by atomic mass is 16.5. The molecule has 0 spiro atoms. The van der Waals surface area contributed by atoms with E-state index in [0.717, 1.165) is 5.57 Å². The van der Waals surface area contributed by atoms with Crippen molar-refractivity contribution < 1.29 is 9.53 Å². The Balaban J connectivity index is 3.77. The molecule has 0 unspecified atom stereocenters. The zero-order valence-electron chi connectivity index (χ0n) is 6.55. The predicted molar refractivity (Wildman–Crippen MR) is 40.6 cm³/mol. The first-order valence-electron chi connectivity index (χ1n) is 3.06. The summed E-state index contributed by atoms with van der Waals surface area (Å²) in [5.74, 6) is -0.322. The van der Waals surface area contributed by atoms with Crippen LogP contribution < -0.4 is 0 Å². The molecule has 0 aliphatic heterocycles. The second-order valence-electron chi connectivity index (χ2n) is 2.13. The van der Waals surface area contributed by atoms with Crippen molar-refractivity contribution in [2.75, 3.05) is 7.11 Å². The molecular formula is C8H12O2. The van der Waals surface area contributed by atoms with E-state index in [2.05, 4.69) is 4.74 Å². The second kappa shape index (κ2) is 4.79. The Morgan fingerprint density at radius 3 is 2.40 bits per heavy atom. The first-order chi connectivity index (χ1) is 4.66. The first kappa shape index (κ1) is 8.95. The fourth-order valence-electron chi connectivity index (χ4n) is 0.387. The zero-order valence-corrected chi connectivity index (χ0v) is 6.55. The van der Waals surface area contributed by atoms with Gasteiger partial charge in [0.05, 0.1) is 7.11 Å². The minimum atomic E-state index is -0.322. The van der Waals surface area contributed by atoms with Crippen molar-refractivity contribution in [1.29, 1.82) is 0 Å². The van der Waals surface area contributed by atoms with Crippen molar-refractivity contribution in [3.8, 4) is 0 Å². The van der Waals surface area contributed by atoms with Crippen LogP contribution in [-0.2, 0) is 9.53 Å². The maximum absolute atomic E-state index is 10.5. The molecule has 0 aromatic rings. The van der Waals surface area contributed by atoms with Gasteiger partial charge in [0.1, 0.15) is 0 Å². The maximum Gasteiger partial charge on any atom is 0.330 e. The number of hydrogen-bond donors (Lipinski definition) is 0. The molecule has 56 valence electrons. The molecule has 0 saturated heterocycles. The van der Waals surface area contributed by atoms with Crippen LogP contribution in [0.4, 0.5) is 0 Å². The van der Waals surface area contributed by atoms with Crippen LogP contribution in [0.5, 0.6) is 0 Å². The highest BCUT2D eigenvalue weighted by Crippen LogP contribution is 1.88. The quantitative estimate of drug-likeness (QED) is 0.331. The lowest BCUT2D eigenvalue weighted by molar-refractivity contribution is -0.134. The van der Waals surface area contributed by atoms with E-state index in [1.807, 2.05) is 19.9 Å². The fourth-order valence-corrected chi connectivity index (χ4v) is 0.387. The van der Waals surface area contributed by atoms with Crippen LogP contribution in [0, 0.1) is 0 Å². The standard InChI is InChI=1S/C8H12O2/c1-7(2)5-4-6-8(9)10-3/h4-6H,1-3H3/b6-4+. The average Bonchev–Trinajstić information content (AvgIpc) is 1.87. The predicted octanol–water partition coefficient (Wildman–Crippen LogP) is 1.68. The van der Waals surface area contributed by atoms with Crippen LogP contribution in [0.15, 0.2) is 23.8 Å². The number of hydrogen-bond acceptors (Lipinski definition) is 2. The highest BCUT2D eigenvalue weighted by Gasteiger charge is 1.86. The summed E-state index contributed by atoms with van der Waals surface area (Å²) in [4.78, 5) is 10.5. The minimum Gasteiger partial charge on any atom is -0.466 e. The SMILES string of the molecule is COC(=O)/C=C/C=C(C)C. The number of methoxy groups -OCH3 is 1. The molecule has 0 saturated carbocycles. The lowest BCUT2D eigenvalue weighted by Gasteiger charge is -1.86. The number of allylic oxidation sites excluding steroid dienone is 3. The van der Waals surface area contributed by atoms with E-state index < -0.39 is 0 Å². The lowest BCUT2D eigenvalue weighted by Crippen LogP contribution is -1.92. The van der Waals surface area contributed by atoms with Gasteiger partial charge in [0, 0.05) is 6.08 Å². The highest BCUT2D eigenvalue weighted by molar-refractivity contribution is 5.82. The van der Waals surface area contributed by atoms with E-state index in [4.69, 9.17) is 0 Å². The van der Waals surface area contributed by atoms with E-state index in [1.165, 1.54) is 13.2 Å². The summed E-state index contributed by atoms with van der Waals surface area (Å²) >= 11 is 0. The molecule has 2 heteroatoms. The molecular weight excluding hydrogens is 128 g/mol. The third-order valence-electron chi connectivity index (χ3n) is 0.863. The molecule has 0 radical (unpaired) electrons. The largest absolute Gasteiger partial charge is 0.466 e. The van der Waals surface area contributed by atoms with Gasteiger partial charge in [-0.3, -0.25) is 0 Å². The van der Waals surface area contributed by atoms with Gasteiger partial charge in [0.25, 0.3) is 0 Å². The number of carbonyl (C=O) groups is 1. The molecule has 2 nitrogen and oxygen atoms in total. The van der Waals surface area contributed by atoms with Crippen molar-refractivity contribution in [3.05, 3.63) is 23.8 Å². The van der Waals surface area contributed by atoms with E-state index in [1.54, 1.807) is 6.08 Å². The molecule has 0 bridgehead atoms. The van der Waals surface area contributed by atoms with Gasteiger partial charge in [-0.2, -0.15) is 0 Å². The Morgan fingerprint density at radius 2 is 2.00 bits per heavy atom. The van der Waals surface area contributed by atoms with Gasteiger partial charge < -0.3 is 4.74 Å². The summed E-state index contributed by atoms with van der Waals surface area (Å²) < 4.78 is 4.38. The summed E-state index contributed by atoms with van der Waals surface area (Å²) in [7, 11) is 1.36. The van der Waals surface area contributed by atoms with Gasteiger partial charge in [-0.15, -0.1) is 0 Å². The summed E-state index contributed by atoms with van der Waals surface area (Å²) in [6, 6.07) is 0. The lowest BCUT2D eigenvalue weighted by atomic mass is 10.3. The third-order valence-corrected chi connectivity index (χ3v) is 0.863. The number of carbonyl (C=O) groups excluding carboxylic acids is 1. The fraction of sp³-hybridized carbons (Fsp3) is 0.375. The Hall–Kier alpha value is -1.05. The van der Waals surface area contributed by atoms with Crippen LogP contribution in [-0.4, -0.2) is 13.1 Å². The third kappa shape index (κ3) is 5.09. The smallest absolute Gasteiger partial charge is 0.330 e. The molecule has 0 fully saturated rings. The van der Waals surface area contributed by atoms with Crippen molar-refractivity contribution in [2.45, 2.75) is 13.8 Å². The van der Waals surface area contributed by atoms with Crippen molar-refractivity contribution in [3.63, 3.8) is 0 Å². The summed E-state index contributed by atoms with van der Waals surface area (Å²) in [6.45, 7) is 3.92. The van der Waals surface area contributed by atoms with Crippen molar-refractivity contribution in [1.82, 2.24) is 0 Å². The van der Waals surface area contributed by atoms with Gasteiger partial charge in [-0.1, -0.05) is 17.7 Å². The first-order valence-corrected chi connectivity index (χ1v) is 3.06. The average molecular weight is 140 g/mol. The number of ether oxygens (including phenoxy) is 1. The number of rotatable bonds is 2. The summed E-state index contributed by atoms with van der Waals surface area (Å²) in [5.41, 5.74) is 1.15. The molecule has 0 rings (SSSR count). The Labute approximate surface area is 61.2 Å². The topological polar surface area (TPSA) is 26.3 Å². The zero-order chi connectivity index (χ0) is 7.98. The van der Waals surface area contributed by atoms with Crippen molar-refractivity contribution in [2.24, 2.45) is 0 Å². The Kier molecular flexibility index (Phi) is 4.29.